The van der Waals surface area contributed by atoms with E-state index in [0.29, 0.717) is 12.4 Å². The largest absolute Gasteiger partial charge is 0.494 e. The normalized spacial score (nSPS) is 16.4. The molecule has 0 saturated carbocycles. The minimum absolute atomic E-state index is 0.0348. The van der Waals surface area contributed by atoms with E-state index in [2.05, 4.69) is 34.4 Å². The molecule has 1 fully saturated rings. The molecule has 1 saturated heterocycles. The second-order valence-corrected chi connectivity index (χ2v) is 6.92. The highest BCUT2D eigenvalue weighted by Gasteiger charge is 2.28. The summed E-state index contributed by atoms with van der Waals surface area (Å²) in [6.45, 7) is 10.1. The van der Waals surface area contributed by atoms with Gasteiger partial charge in [-0.05, 0) is 44.5 Å². The van der Waals surface area contributed by atoms with Crippen LogP contribution in [-0.2, 0) is 4.74 Å². The van der Waals surface area contributed by atoms with Crippen LogP contribution in [0.25, 0.3) is 0 Å². The molecule has 1 aliphatic heterocycles. The van der Waals surface area contributed by atoms with Crippen LogP contribution < -0.4 is 15.4 Å². The van der Waals surface area contributed by atoms with Crippen molar-refractivity contribution in [3.05, 3.63) is 30.1 Å². The number of halogens is 1. The Labute approximate surface area is 155 Å². The molecule has 0 aliphatic carbocycles. The van der Waals surface area contributed by atoms with Gasteiger partial charge in [0.25, 0.3) is 0 Å². The predicted octanol–water partition coefficient (Wildman–Crippen LogP) is 1.87. The second kappa shape index (κ2) is 10.3. The summed E-state index contributed by atoms with van der Waals surface area (Å²) in [5, 5.41) is 6.69. The molecule has 26 heavy (non-hydrogen) atoms. The van der Waals surface area contributed by atoms with E-state index in [1.807, 2.05) is 0 Å². The van der Waals surface area contributed by atoms with Gasteiger partial charge in [-0.15, -0.1) is 0 Å². The summed E-state index contributed by atoms with van der Waals surface area (Å²) in [7, 11) is 1.77. The highest BCUT2D eigenvalue weighted by molar-refractivity contribution is 5.79. The summed E-state index contributed by atoms with van der Waals surface area (Å²) in [4.78, 5) is 6.71. The fourth-order valence-corrected chi connectivity index (χ4v) is 2.80. The second-order valence-electron chi connectivity index (χ2n) is 6.92. The smallest absolute Gasteiger partial charge is 0.191 e. The number of morpholine rings is 1. The molecule has 0 unspecified atom stereocenters. The molecule has 0 aromatic heterocycles. The lowest BCUT2D eigenvalue weighted by molar-refractivity contribution is -0.00833. The van der Waals surface area contributed by atoms with Gasteiger partial charge in [0.15, 0.2) is 5.96 Å². The van der Waals surface area contributed by atoms with Crippen LogP contribution in [0.2, 0.25) is 0 Å². The van der Waals surface area contributed by atoms with Gasteiger partial charge in [-0.25, -0.2) is 4.39 Å². The maximum atomic E-state index is 12.8. The van der Waals surface area contributed by atoms with Gasteiger partial charge in [-0.1, -0.05) is 0 Å². The third-order valence-corrected chi connectivity index (χ3v) is 4.48. The van der Waals surface area contributed by atoms with Crippen molar-refractivity contribution in [2.75, 3.05) is 53.0 Å². The first kappa shape index (κ1) is 20.5. The molecule has 1 aromatic rings. The molecule has 6 nitrogen and oxygen atoms in total. The van der Waals surface area contributed by atoms with Gasteiger partial charge in [-0.3, -0.25) is 9.89 Å². The molecule has 2 N–H and O–H groups in total. The Bertz CT molecular complexity index is 557. The molecular formula is C19H31FN4O2. The number of hydrogen-bond acceptors (Lipinski definition) is 4. The number of nitrogens with one attached hydrogen (secondary N) is 2. The first-order chi connectivity index (χ1) is 12.5. The zero-order chi connectivity index (χ0) is 18.8. The number of aliphatic imine (C=N–C) groups is 1. The van der Waals surface area contributed by atoms with Crippen LogP contribution in [0.3, 0.4) is 0 Å². The van der Waals surface area contributed by atoms with Crippen LogP contribution in [0, 0.1) is 5.82 Å². The number of benzene rings is 1. The van der Waals surface area contributed by atoms with Crippen molar-refractivity contribution in [1.29, 1.82) is 0 Å². The van der Waals surface area contributed by atoms with Crippen LogP contribution in [0.1, 0.15) is 20.3 Å². The van der Waals surface area contributed by atoms with Crippen LogP contribution in [0.15, 0.2) is 29.3 Å². The topological polar surface area (TPSA) is 58.1 Å². The van der Waals surface area contributed by atoms with Gasteiger partial charge < -0.3 is 20.1 Å². The Kier molecular flexibility index (Phi) is 8.12. The molecular weight excluding hydrogens is 335 g/mol. The molecule has 1 aromatic carbocycles. The molecule has 146 valence electrons. The average molecular weight is 366 g/mol. The Morgan fingerprint density at radius 2 is 1.92 bits per heavy atom. The minimum atomic E-state index is -0.256. The van der Waals surface area contributed by atoms with E-state index in [-0.39, 0.29) is 11.4 Å². The van der Waals surface area contributed by atoms with E-state index in [4.69, 9.17) is 9.47 Å². The number of hydrogen-bond donors (Lipinski definition) is 2. The van der Waals surface area contributed by atoms with E-state index in [1.54, 1.807) is 19.2 Å². The lowest BCUT2D eigenvalue weighted by Crippen LogP contribution is -2.56. The maximum Gasteiger partial charge on any atom is 0.191 e. The van der Waals surface area contributed by atoms with Crippen molar-refractivity contribution < 1.29 is 13.9 Å². The van der Waals surface area contributed by atoms with Crippen molar-refractivity contribution in [2.24, 2.45) is 4.99 Å². The zero-order valence-corrected chi connectivity index (χ0v) is 16.1. The van der Waals surface area contributed by atoms with E-state index < -0.39 is 0 Å². The van der Waals surface area contributed by atoms with Crippen molar-refractivity contribution >= 4 is 5.96 Å². The third-order valence-electron chi connectivity index (χ3n) is 4.48. The summed E-state index contributed by atoms with van der Waals surface area (Å²) < 4.78 is 23.8. The fraction of sp³-hybridized carbons (Fsp3) is 0.632. The molecule has 0 atom stereocenters. The van der Waals surface area contributed by atoms with E-state index in [0.717, 1.165) is 51.8 Å². The SMILES string of the molecule is CN=C(NCCCOc1ccc(F)cc1)NCC(C)(C)N1CCOCC1. The Hall–Kier alpha value is -1.86. The number of nitrogens with zero attached hydrogens (tertiary/aromatic N) is 2. The van der Waals surface area contributed by atoms with Crippen LogP contribution >= 0.6 is 0 Å². The van der Waals surface area contributed by atoms with E-state index in [9.17, 15) is 4.39 Å². The van der Waals surface area contributed by atoms with Gasteiger partial charge in [0.05, 0.1) is 19.8 Å². The van der Waals surface area contributed by atoms with Gasteiger partial charge in [-0.2, -0.15) is 0 Å². The summed E-state index contributed by atoms with van der Waals surface area (Å²) in [6.07, 6.45) is 0.824. The highest BCUT2D eigenvalue weighted by Crippen LogP contribution is 2.15. The first-order valence-corrected chi connectivity index (χ1v) is 9.17. The Morgan fingerprint density at radius 3 is 2.58 bits per heavy atom. The molecule has 0 amide bonds. The summed E-state index contributed by atoms with van der Waals surface area (Å²) in [5.74, 6) is 1.21. The first-order valence-electron chi connectivity index (χ1n) is 9.17. The zero-order valence-electron chi connectivity index (χ0n) is 16.1. The molecule has 1 heterocycles. The van der Waals surface area contributed by atoms with Crippen LogP contribution in [-0.4, -0.2) is 69.4 Å². The molecule has 0 spiro atoms. The molecule has 2 rings (SSSR count). The van der Waals surface area contributed by atoms with Gasteiger partial charge >= 0.3 is 0 Å². The van der Waals surface area contributed by atoms with Crippen molar-refractivity contribution in [1.82, 2.24) is 15.5 Å². The summed E-state index contributed by atoms with van der Waals surface area (Å²) in [6, 6.07) is 6.07. The lowest BCUT2D eigenvalue weighted by Gasteiger charge is -2.41. The van der Waals surface area contributed by atoms with Gasteiger partial charge in [0, 0.05) is 38.8 Å². The molecule has 0 bridgehead atoms. The van der Waals surface area contributed by atoms with E-state index >= 15 is 0 Å². The van der Waals surface area contributed by atoms with Crippen molar-refractivity contribution in [3.8, 4) is 5.75 Å². The molecule has 0 radical (unpaired) electrons. The third kappa shape index (κ3) is 6.80. The standard InChI is InChI=1S/C19H31FN4O2/c1-19(2,24-10-13-25-14-11-24)15-23-18(21-3)22-9-4-12-26-17-7-5-16(20)6-8-17/h5-8H,4,9-15H2,1-3H3,(H2,21,22,23). The fourth-order valence-electron chi connectivity index (χ4n) is 2.80. The predicted molar refractivity (Wildman–Crippen MR) is 102 cm³/mol. The number of rotatable bonds is 8. The average Bonchev–Trinajstić information content (AvgIpc) is 2.66. The van der Waals surface area contributed by atoms with Crippen LogP contribution in [0.5, 0.6) is 5.75 Å². The quantitative estimate of drug-likeness (QED) is 0.418. The highest BCUT2D eigenvalue weighted by atomic mass is 19.1. The number of guanidine groups is 1. The van der Waals surface area contributed by atoms with Gasteiger partial charge in [0.1, 0.15) is 11.6 Å². The minimum Gasteiger partial charge on any atom is -0.494 e. The van der Waals surface area contributed by atoms with Gasteiger partial charge in [0.2, 0.25) is 0 Å². The Morgan fingerprint density at radius 1 is 1.23 bits per heavy atom. The number of ether oxygens (including phenoxy) is 2. The maximum absolute atomic E-state index is 12.8. The summed E-state index contributed by atoms with van der Waals surface area (Å²) >= 11 is 0. The Balaban J connectivity index is 1.63. The van der Waals surface area contributed by atoms with E-state index in [1.165, 1.54) is 12.1 Å². The van der Waals surface area contributed by atoms with Crippen molar-refractivity contribution in [3.63, 3.8) is 0 Å². The monoisotopic (exact) mass is 366 g/mol. The molecule has 7 heteroatoms. The van der Waals surface area contributed by atoms with Crippen LogP contribution in [0.4, 0.5) is 4.39 Å². The van der Waals surface area contributed by atoms with Crippen molar-refractivity contribution in [2.45, 2.75) is 25.8 Å². The lowest BCUT2D eigenvalue weighted by atomic mass is 10.0. The molecule has 1 aliphatic rings. The summed E-state index contributed by atoms with van der Waals surface area (Å²) in [5.41, 5.74) is 0.0348.